The van der Waals surface area contributed by atoms with Crippen molar-refractivity contribution < 1.29 is 10.2 Å². The van der Waals surface area contributed by atoms with Gasteiger partial charge in [-0.1, -0.05) is 50.2 Å². The fraction of sp³-hybridized carbons (Fsp3) is 0.100. The normalized spacial score (nSPS) is 10.4. The molecule has 5 nitrogen and oxygen atoms in total. The third-order valence-electron chi connectivity index (χ3n) is 3.90. The molecule has 1 aromatic heterocycles. The number of nitrogens with one attached hydrogen (secondary N) is 1. The third kappa shape index (κ3) is 3.07. The van der Waals surface area contributed by atoms with E-state index in [0.717, 1.165) is 16.5 Å². The van der Waals surface area contributed by atoms with Gasteiger partial charge in [0.1, 0.15) is 11.5 Å². The number of H-pyrrole nitrogens is 1. The SMILES string of the molecule is CC.Oc1ccc(-c2n[nH]c(=S)n2-c2cccc3ccccc23)c(O)c1. The molecule has 0 spiro atoms. The van der Waals surface area contributed by atoms with Crippen molar-refractivity contribution in [1.29, 1.82) is 0 Å². The number of aromatic amines is 1. The van der Waals surface area contributed by atoms with Crippen LogP contribution in [0.25, 0.3) is 27.8 Å². The van der Waals surface area contributed by atoms with Crippen LogP contribution in [0, 0.1) is 4.77 Å². The molecule has 3 N–H and O–H groups in total. The summed E-state index contributed by atoms with van der Waals surface area (Å²) in [5.74, 6) is 0.404. The number of benzene rings is 3. The molecule has 0 unspecified atom stereocenters. The highest BCUT2D eigenvalue weighted by atomic mass is 32.1. The van der Waals surface area contributed by atoms with E-state index in [0.29, 0.717) is 16.2 Å². The maximum Gasteiger partial charge on any atom is 0.200 e. The first-order valence-electron chi connectivity index (χ1n) is 8.33. The monoisotopic (exact) mass is 365 g/mol. The van der Waals surface area contributed by atoms with Gasteiger partial charge in [0, 0.05) is 11.5 Å². The van der Waals surface area contributed by atoms with E-state index in [1.807, 2.05) is 56.3 Å². The van der Waals surface area contributed by atoms with Crippen LogP contribution in [0.5, 0.6) is 11.5 Å². The highest BCUT2D eigenvalue weighted by molar-refractivity contribution is 7.71. The first kappa shape index (κ1) is 17.7. The minimum atomic E-state index is -0.0644. The largest absolute Gasteiger partial charge is 0.508 e. The molecule has 0 saturated heterocycles. The van der Waals surface area contributed by atoms with Crippen LogP contribution in [0.4, 0.5) is 0 Å². The average molecular weight is 365 g/mol. The van der Waals surface area contributed by atoms with E-state index in [-0.39, 0.29) is 11.5 Å². The van der Waals surface area contributed by atoms with E-state index >= 15 is 0 Å². The van der Waals surface area contributed by atoms with Gasteiger partial charge < -0.3 is 10.2 Å². The smallest absolute Gasteiger partial charge is 0.200 e. The predicted molar refractivity (Wildman–Crippen MR) is 106 cm³/mol. The van der Waals surface area contributed by atoms with Crippen LogP contribution < -0.4 is 0 Å². The minimum absolute atomic E-state index is 0.0120. The molecule has 0 bridgehead atoms. The Kier molecular flexibility index (Phi) is 5.04. The Hall–Kier alpha value is -3.12. The van der Waals surface area contributed by atoms with Crippen molar-refractivity contribution in [3.8, 4) is 28.6 Å². The van der Waals surface area contributed by atoms with Crippen molar-refractivity contribution in [2.45, 2.75) is 13.8 Å². The lowest BCUT2D eigenvalue weighted by molar-refractivity contribution is 0.451. The van der Waals surface area contributed by atoms with Gasteiger partial charge >= 0.3 is 0 Å². The molecule has 4 rings (SSSR count). The molecular weight excluding hydrogens is 346 g/mol. The van der Waals surface area contributed by atoms with Crippen LogP contribution in [-0.2, 0) is 0 Å². The Morgan fingerprint density at radius 3 is 2.46 bits per heavy atom. The molecule has 1 heterocycles. The Morgan fingerprint density at radius 1 is 0.962 bits per heavy atom. The Bertz CT molecular complexity index is 1110. The standard InChI is InChI=1S/C18H13N3O2S.C2H6/c22-12-8-9-14(16(23)10-12)17-19-20-18(24)21(17)15-7-3-5-11-4-1-2-6-13(11)15;1-2/h1-10,22-23H,(H,20,24);1-2H3. The number of fused-ring (bicyclic) bond motifs is 1. The minimum Gasteiger partial charge on any atom is -0.508 e. The van der Waals surface area contributed by atoms with E-state index in [9.17, 15) is 10.2 Å². The maximum absolute atomic E-state index is 10.2. The molecule has 132 valence electrons. The number of phenols is 2. The van der Waals surface area contributed by atoms with E-state index in [4.69, 9.17) is 12.2 Å². The van der Waals surface area contributed by atoms with Gasteiger partial charge in [-0.05, 0) is 35.8 Å². The summed E-state index contributed by atoms with van der Waals surface area (Å²) in [4.78, 5) is 0. The number of hydrogen-bond acceptors (Lipinski definition) is 4. The highest BCUT2D eigenvalue weighted by Gasteiger charge is 2.16. The topological polar surface area (TPSA) is 74.1 Å². The van der Waals surface area contributed by atoms with Crippen molar-refractivity contribution in [3.05, 3.63) is 65.4 Å². The molecule has 0 amide bonds. The molecule has 0 fully saturated rings. The summed E-state index contributed by atoms with van der Waals surface area (Å²) in [6, 6.07) is 18.3. The zero-order valence-electron chi connectivity index (χ0n) is 14.5. The molecule has 0 radical (unpaired) electrons. The van der Waals surface area contributed by atoms with Gasteiger partial charge in [0.15, 0.2) is 10.6 Å². The fourth-order valence-electron chi connectivity index (χ4n) is 2.81. The van der Waals surface area contributed by atoms with Gasteiger partial charge in [-0.2, -0.15) is 5.10 Å². The summed E-state index contributed by atoms with van der Waals surface area (Å²) in [6.07, 6.45) is 0. The number of phenolic OH excluding ortho intramolecular Hbond substituents is 2. The van der Waals surface area contributed by atoms with Crippen molar-refractivity contribution in [2.75, 3.05) is 0 Å². The Labute approximate surface area is 156 Å². The van der Waals surface area contributed by atoms with Gasteiger partial charge in [0.2, 0.25) is 0 Å². The van der Waals surface area contributed by atoms with Crippen LogP contribution in [0.2, 0.25) is 0 Å². The Balaban J connectivity index is 0.000000948. The summed E-state index contributed by atoms with van der Waals surface area (Å²) in [5, 5.41) is 28.8. The van der Waals surface area contributed by atoms with Crippen LogP contribution in [-0.4, -0.2) is 25.0 Å². The summed E-state index contributed by atoms with van der Waals surface area (Å²) in [7, 11) is 0. The van der Waals surface area contributed by atoms with Gasteiger partial charge in [0.05, 0.1) is 11.3 Å². The van der Waals surface area contributed by atoms with E-state index in [1.165, 1.54) is 12.1 Å². The number of aromatic hydroxyl groups is 2. The molecule has 0 aliphatic heterocycles. The maximum atomic E-state index is 10.2. The van der Waals surface area contributed by atoms with Crippen LogP contribution in [0.15, 0.2) is 60.7 Å². The third-order valence-corrected chi connectivity index (χ3v) is 4.18. The lowest BCUT2D eigenvalue weighted by Gasteiger charge is -2.11. The summed E-state index contributed by atoms with van der Waals surface area (Å²) >= 11 is 5.40. The lowest BCUT2D eigenvalue weighted by Crippen LogP contribution is -1.99. The predicted octanol–water partition coefficient (Wildman–Crippen LogP) is 5.19. The second-order valence-corrected chi connectivity index (χ2v) is 5.77. The molecule has 0 saturated carbocycles. The van der Waals surface area contributed by atoms with Gasteiger partial charge in [-0.3, -0.25) is 9.67 Å². The van der Waals surface area contributed by atoms with Crippen LogP contribution in [0.1, 0.15) is 13.8 Å². The first-order chi connectivity index (χ1) is 12.6. The summed E-state index contributed by atoms with van der Waals surface area (Å²) < 4.78 is 2.21. The molecular formula is C20H19N3O2S. The van der Waals surface area contributed by atoms with E-state index in [1.54, 1.807) is 10.6 Å². The first-order valence-corrected chi connectivity index (χ1v) is 8.74. The zero-order valence-corrected chi connectivity index (χ0v) is 15.3. The second kappa shape index (κ2) is 7.41. The Morgan fingerprint density at radius 2 is 1.69 bits per heavy atom. The van der Waals surface area contributed by atoms with Crippen molar-refractivity contribution in [1.82, 2.24) is 14.8 Å². The van der Waals surface area contributed by atoms with Crippen molar-refractivity contribution in [3.63, 3.8) is 0 Å². The summed E-state index contributed by atoms with van der Waals surface area (Å²) in [5.41, 5.74) is 1.35. The lowest BCUT2D eigenvalue weighted by atomic mass is 10.1. The van der Waals surface area contributed by atoms with Gasteiger partial charge in [-0.25, -0.2) is 0 Å². The number of rotatable bonds is 2. The number of aromatic nitrogens is 3. The van der Waals surface area contributed by atoms with Gasteiger partial charge in [-0.15, -0.1) is 0 Å². The molecule has 3 aromatic carbocycles. The zero-order chi connectivity index (χ0) is 18.7. The van der Waals surface area contributed by atoms with E-state index in [2.05, 4.69) is 10.2 Å². The average Bonchev–Trinajstić information content (AvgIpc) is 3.04. The van der Waals surface area contributed by atoms with Crippen LogP contribution >= 0.6 is 12.2 Å². The van der Waals surface area contributed by atoms with E-state index < -0.39 is 0 Å². The molecule has 6 heteroatoms. The second-order valence-electron chi connectivity index (χ2n) is 5.39. The summed E-state index contributed by atoms with van der Waals surface area (Å²) in [6.45, 7) is 4.00. The molecule has 0 atom stereocenters. The van der Waals surface area contributed by atoms with Crippen molar-refractivity contribution >= 4 is 23.0 Å². The fourth-order valence-corrected chi connectivity index (χ4v) is 3.04. The van der Waals surface area contributed by atoms with Crippen molar-refractivity contribution in [2.24, 2.45) is 0 Å². The molecule has 26 heavy (non-hydrogen) atoms. The molecule has 0 aliphatic carbocycles. The highest BCUT2D eigenvalue weighted by Crippen LogP contribution is 2.33. The number of nitrogens with zero attached hydrogens (tertiary/aromatic N) is 2. The van der Waals surface area contributed by atoms with Gasteiger partial charge in [0.25, 0.3) is 0 Å². The quantitative estimate of drug-likeness (QED) is 0.428. The molecule has 0 aliphatic rings. The molecule has 4 aromatic rings. The van der Waals surface area contributed by atoms with Crippen LogP contribution in [0.3, 0.4) is 0 Å². The number of hydrogen-bond donors (Lipinski definition) is 3.